The maximum Gasteiger partial charge on any atom is 0.352 e. The lowest BCUT2D eigenvalue weighted by molar-refractivity contribution is -0.664. The number of anilines is 1. The van der Waals surface area contributed by atoms with Gasteiger partial charge in [-0.15, -0.1) is 11.8 Å². The third-order valence-electron chi connectivity index (χ3n) is 6.17. The van der Waals surface area contributed by atoms with Gasteiger partial charge in [0.2, 0.25) is 6.10 Å². The summed E-state index contributed by atoms with van der Waals surface area (Å²) in [7, 11) is 0. The van der Waals surface area contributed by atoms with Gasteiger partial charge in [-0.25, -0.2) is 24.1 Å². The van der Waals surface area contributed by atoms with Crippen molar-refractivity contribution in [1.29, 1.82) is 0 Å². The van der Waals surface area contributed by atoms with E-state index in [-0.39, 0.29) is 27.4 Å². The first-order valence-corrected chi connectivity index (χ1v) is 13.9. The zero-order chi connectivity index (χ0) is 28.7. The third-order valence-corrected chi connectivity index (χ3v) is 8.60. The lowest BCUT2D eigenvalue weighted by Gasteiger charge is -2.49. The number of carboxylic acid groups (broad SMARTS) is 2. The molecule has 5 rings (SSSR count). The van der Waals surface area contributed by atoms with E-state index in [0.29, 0.717) is 11.3 Å². The van der Waals surface area contributed by atoms with Crippen molar-refractivity contribution in [2.75, 3.05) is 11.5 Å². The van der Waals surface area contributed by atoms with Crippen LogP contribution in [0.5, 0.6) is 0 Å². The molecule has 0 aromatic carbocycles. The van der Waals surface area contributed by atoms with Crippen LogP contribution in [0.1, 0.15) is 12.6 Å². The molecule has 6 N–H and O–H groups in total. The van der Waals surface area contributed by atoms with E-state index in [1.54, 1.807) is 6.20 Å². The van der Waals surface area contributed by atoms with E-state index >= 15 is 0 Å². The van der Waals surface area contributed by atoms with Crippen LogP contribution in [0.15, 0.2) is 47.0 Å². The molecule has 2 aliphatic heterocycles. The lowest BCUT2D eigenvalue weighted by Crippen LogP contribution is -2.71. The molecule has 2 amide bonds. The molecule has 0 aliphatic carbocycles. The summed E-state index contributed by atoms with van der Waals surface area (Å²) in [5, 5.41) is 25.5. The zero-order valence-electron chi connectivity index (χ0n) is 20.5. The Labute approximate surface area is 238 Å². The highest BCUT2D eigenvalue weighted by Crippen LogP contribution is 2.40. The molecule has 14 nitrogen and oxygen atoms in total. The van der Waals surface area contributed by atoms with Gasteiger partial charge >= 0.3 is 11.9 Å². The van der Waals surface area contributed by atoms with Crippen molar-refractivity contribution < 1.29 is 38.8 Å². The van der Waals surface area contributed by atoms with Crippen LogP contribution in [0.4, 0.5) is 5.13 Å². The molecule has 1 saturated heterocycles. The number of halogens is 1. The number of aromatic amines is 1. The maximum atomic E-state index is 13.2. The van der Waals surface area contributed by atoms with Crippen LogP contribution in [0.3, 0.4) is 0 Å². The van der Waals surface area contributed by atoms with Gasteiger partial charge in [0.1, 0.15) is 33.7 Å². The number of thiazole rings is 1. The van der Waals surface area contributed by atoms with Crippen LogP contribution in [0.25, 0.3) is 11.0 Å². The summed E-state index contributed by atoms with van der Waals surface area (Å²) in [5.41, 5.74) is 6.24. The Hall–Kier alpha value is -4.15. The molecule has 2 aliphatic rings. The number of carbonyl (C=O) groups excluding carboxylic acids is 2. The second kappa shape index (κ2) is 10.8. The smallest absolute Gasteiger partial charge is 0.352 e. The number of hydrogen-bond donors (Lipinski definition) is 5. The second-order valence-corrected chi connectivity index (χ2v) is 11.5. The number of carbonyl (C=O) groups is 4. The van der Waals surface area contributed by atoms with Crippen LogP contribution in [0.2, 0.25) is 4.34 Å². The summed E-state index contributed by atoms with van der Waals surface area (Å²) < 4.78 is 1.87. The Morgan fingerprint density at radius 2 is 2.17 bits per heavy atom. The molecular formula is C23H21ClN7O7S2+. The fourth-order valence-corrected chi connectivity index (χ4v) is 6.53. The van der Waals surface area contributed by atoms with Crippen molar-refractivity contribution in [3.63, 3.8) is 0 Å². The van der Waals surface area contributed by atoms with E-state index in [2.05, 4.69) is 20.4 Å². The monoisotopic (exact) mass is 606 g/mol. The van der Waals surface area contributed by atoms with E-state index in [1.165, 1.54) is 18.7 Å². The molecule has 5 heterocycles. The number of amides is 2. The Balaban J connectivity index is 1.38. The second-order valence-electron chi connectivity index (χ2n) is 8.74. The maximum absolute atomic E-state index is 13.2. The zero-order valence-corrected chi connectivity index (χ0v) is 22.9. The van der Waals surface area contributed by atoms with Crippen LogP contribution in [-0.2, 0) is 30.6 Å². The van der Waals surface area contributed by atoms with E-state index in [0.717, 1.165) is 27.3 Å². The number of oxime groups is 1. The number of β-lactam (4-membered cyclic amide) rings is 1. The number of pyridine rings is 1. The number of rotatable bonds is 9. The first-order chi connectivity index (χ1) is 19.1. The highest BCUT2D eigenvalue weighted by atomic mass is 35.5. The topological polar surface area (TPSA) is 204 Å². The molecule has 1 fully saturated rings. The van der Waals surface area contributed by atoms with Crippen molar-refractivity contribution in [2.24, 2.45) is 5.16 Å². The minimum Gasteiger partial charge on any atom is -0.478 e. The Morgan fingerprint density at radius 1 is 1.40 bits per heavy atom. The molecule has 3 aromatic heterocycles. The summed E-state index contributed by atoms with van der Waals surface area (Å²) in [5.74, 6) is -3.86. The number of nitrogens with zero attached hydrogens (tertiary/aromatic N) is 4. The number of aromatic nitrogens is 3. The standard InChI is InChI=1S/C23H20ClN7O7S2/c1-9(21(34)35)38-29-13(12-16(24)40-23(25)28-12)18(32)27-14-19(33)31-15(22(36)37)11(8-39-20(14)31)7-30-6-2-3-10-4-5-26-17(10)30/h2-6,9,14,20H,7-8H2,1H3,(H5,25,27,28,32,34,35,36,37)/p+1/t9-,14+,20?/m0/s1. The number of nitrogens with two attached hydrogens (primary N) is 1. The number of aliphatic carboxylic acids is 2. The summed E-state index contributed by atoms with van der Waals surface area (Å²) in [4.78, 5) is 63.0. The quantitative estimate of drug-likeness (QED) is 0.100. The van der Waals surface area contributed by atoms with Crippen molar-refractivity contribution in [3.05, 3.63) is 51.9 Å². The van der Waals surface area contributed by atoms with E-state index < -0.39 is 47.0 Å². The third kappa shape index (κ3) is 4.96. The molecule has 0 bridgehead atoms. The van der Waals surface area contributed by atoms with E-state index in [1.807, 2.05) is 29.0 Å². The Morgan fingerprint density at radius 3 is 2.85 bits per heavy atom. The number of nitrogen functional groups attached to an aromatic ring is 1. The molecule has 3 aromatic rings. The molecule has 17 heteroatoms. The molecule has 40 heavy (non-hydrogen) atoms. The summed E-state index contributed by atoms with van der Waals surface area (Å²) in [6, 6.07) is 4.57. The molecule has 3 atom stereocenters. The average Bonchev–Trinajstić information content (AvgIpc) is 3.53. The number of H-pyrrole nitrogens is 1. The van der Waals surface area contributed by atoms with Gasteiger partial charge in [-0.3, -0.25) is 14.5 Å². The summed E-state index contributed by atoms with van der Waals surface area (Å²) in [6.07, 6.45) is 2.19. The van der Waals surface area contributed by atoms with Crippen molar-refractivity contribution in [3.8, 4) is 0 Å². The van der Waals surface area contributed by atoms with Crippen molar-refractivity contribution >= 4 is 80.3 Å². The van der Waals surface area contributed by atoms with Crippen LogP contribution in [-0.4, -0.2) is 77.8 Å². The molecule has 208 valence electrons. The SMILES string of the molecule is C[C@H](ON=C(C(=O)N[C@@H]1C(=O)N2C(C(=O)O)=C(C[n+]3cccc4cc[nH]c43)CSC12)c1nc(N)sc1Cl)C(=O)O. The molecule has 1 unspecified atom stereocenters. The predicted octanol–water partition coefficient (Wildman–Crippen LogP) is 0.780. The first kappa shape index (κ1) is 27.4. The fourth-order valence-electron chi connectivity index (χ4n) is 4.27. The van der Waals surface area contributed by atoms with Gasteiger partial charge in [-0.2, -0.15) is 0 Å². The van der Waals surface area contributed by atoms with Crippen LogP contribution >= 0.6 is 34.7 Å². The van der Waals surface area contributed by atoms with Gasteiger partial charge in [0, 0.05) is 11.3 Å². The van der Waals surface area contributed by atoms with Crippen LogP contribution < -0.4 is 15.6 Å². The largest absolute Gasteiger partial charge is 0.478 e. The van der Waals surface area contributed by atoms with Crippen molar-refractivity contribution in [2.45, 2.75) is 31.0 Å². The normalized spacial score (nSPS) is 19.7. The Bertz CT molecular complexity index is 1620. The molecule has 0 spiro atoms. The summed E-state index contributed by atoms with van der Waals surface area (Å²) in [6.45, 7) is 1.44. The lowest BCUT2D eigenvalue weighted by atomic mass is 10.0. The van der Waals surface area contributed by atoms with Gasteiger partial charge in [0.05, 0.1) is 17.8 Å². The van der Waals surface area contributed by atoms with Gasteiger partial charge in [0.15, 0.2) is 10.8 Å². The average molecular weight is 607 g/mol. The molecular weight excluding hydrogens is 586 g/mol. The van der Waals surface area contributed by atoms with Gasteiger partial charge in [-0.1, -0.05) is 28.1 Å². The molecule has 0 saturated carbocycles. The number of hydrogen-bond acceptors (Lipinski definition) is 10. The van der Waals surface area contributed by atoms with E-state index in [9.17, 15) is 24.3 Å². The number of nitrogens with one attached hydrogen (secondary N) is 2. The minimum absolute atomic E-state index is 0.00177. The predicted molar refractivity (Wildman–Crippen MR) is 144 cm³/mol. The Kier molecular flexibility index (Phi) is 7.39. The molecule has 0 radical (unpaired) electrons. The number of carboxylic acids is 2. The van der Waals surface area contributed by atoms with Gasteiger partial charge in [-0.05, 0) is 25.1 Å². The van der Waals surface area contributed by atoms with Crippen LogP contribution in [0, 0.1) is 0 Å². The highest BCUT2D eigenvalue weighted by molar-refractivity contribution is 8.00. The highest BCUT2D eigenvalue weighted by Gasteiger charge is 2.54. The first-order valence-electron chi connectivity index (χ1n) is 11.6. The number of fused-ring (bicyclic) bond motifs is 2. The summed E-state index contributed by atoms with van der Waals surface area (Å²) >= 11 is 8.30. The van der Waals surface area contributed by atoms with Crippen molar-refractivity contribution in [1.82, 2.24) is 20.2 Å². The minimum atomic E-state index is -1.40. The fraction of sp³-hybridized carbons (Fsp3) is 0.261. The van der Waals surface area contributed by atoms with Gasteiger partial charge < -0.3 is 26.1 Å². The number of thioether (sulfide) groups is 1. The van der Waals surface area contributed by atoms with E-state index in [4.69, 9.17) is 27.3 Å². The van der Waals surface area contributed by atoms with Gasteiger partial charge in [0.25, 0.3) is 17.5 Å².